The van der Waals surface area contributed by atoms with Crippen molar-refractivity contribution in [3.05, 3.63) is 51.9 Å². The molecule has 0 aliphatic heterocycles. The maximum absolute atomic E-state index is 13.6. The summed E-state index contributed by atoms with van der Waals surface area (Å²) in [6, 6.07) is 0.995. The minimum atomic E-state index is -4.55. The van der Waals surface area contributed by atoms with Gasteiger partial charge in [0.05, 0.1) is 46.0 Å². The fourth-order valence-corrected chi connectivity index (χ4v) is 4.20. The lowest BCUT2D eigenvalue weighted by Crippen LogP contribution is -2.20. The molecule has 4 aromatic rings. The van der Waals surface area contributed by atoms with E-state index in [1.807, 2.05) is 31.6 Å². The fourth-order valence-electron chi connectivity index (χ4n) is 4.20. The largest absolute Gasteiger partial charge is 0.417 e. The highest BCUT2D eigenvalue weighted by Gasteiger charge is 2.35. The van der Waals surface area contributed by atoms with E-state index in [9.17, 15) is 18.0 Å². The molecule has 0 radical (unpaired) electrons. The zero-order valence-electron chi connectivity index (χ0n) is 20.4. The molecule has 35 heavy (non-hydrogen) atoms. The van der Waals surface area contributed by atoms with Crippen molar-refractivity contribution in [3.8, 4) is 0 Å². The van der Waals surface area contributed by atoms with Crippen molar-refractivity contribution in [1.82, 2.24) is 34.3 Å². The lowest BCUT2D eigenvalue weighted by molar-refractivity contribution is -0.136. The molecule has 0 spiro atoms. The summed E-state index contributed by atoms with van der Waals surface area (Å²) in [7, 11) is 0. The molecule has 0 aliphatic carbocycles. The van der Waals surface area contributed by atoms with E-state index in [-0.39, 0.29) is 29.0 Å². The number of hydrogen-bond donors (Lipinski definition) is 1. The summed E-state index contributed by atoms with van der Waals surface area (Å²) in [6.45, 7) is 11.5. The molecular weight excluding hydrogens is 461 g/mol. The summed E-state index contributed by atoms with van der Waals surface area (Å²) in [6.07, 6.45) is -2.58. The van der Waals surface area contributed by atoms with Crippen LogP contribution in [0.5, 0.6) is 0 Å². The molecule has 0 bridgehead atoms. The third-order valence-corrected chi connectivity index (χ3v) is 5.94. The van der Waals surface area contributed by atoms with Crippen LogP contribution in [0.4, 0.5) is 18.9 Å². The number of carbonyl (C=O) groups is 1. The number of amides is 1. The number of pyridine rings is 1. The van der Waals surface area contributed by atoms with Crippen LogP contribution >= 0.6 is 0 Å². The Balaban J connectivity index is 1.59. The predicted octanol–water partition coefficient (Wildman–Crippen LogP) is 4.09. The molecule has 4 rings (SSSR count). The monoisotopic (exact) mass is 488 g/mol. The van der Waals surface area contributed by atoms with Gasteiger partial charge < -0.3 is 5.32 Å². The smallest absolute Gasteiger partial charge is 0.321 e. The van der Waals surface area contributed by atoms with Crippen LogP contribution in [0.1, 0.15) is 46.5 Å². The van der Waals surface area contributed by atoms with Gasteiger partial charge in [0.1, 0.15) is 6.54 Å². The lowest BCUT2D eigenvalue weighted by atomic mass is 10.1. The van der Waals surface area contributed by atoms with E-state index in [0.717, 1.165) is 29.6 Å². The summed E-state index contributed by atoms with van der Waals surface area (Å²) in [4.78, 5) is 17.1. The van der Waals surface area contributed by atoms with Crippen molar-refractivity contribution in [1.29, 1.82) is 0 Å². The van der Waals surface area contributed by atoms with Gasteiger partial charge in [0, 0.05) is 24.0 Å². The van der Waals surface area contributed by atoms with Crippen LogP contribution in [0.3, 0.4) is 0 Å². The minimum absolute atomic E-state index is 0.0255. The Morgan fingerprint density at radius 3 is 2.31 bits per heavy atom. The average Bonchev–Trinajstić information content (AvgIpc) is 3.36. The van der Waals surface area contributed by atoms with Gasteiger partial charge in [-0.25, -0.2) is 9.67 Å². The van der Waals surface area contributed by atoms with Crippen molar-refractivity contribution in [2.24, 2.45) is 0 Å². The van der Waals surface area contributed by atoms with Crippen LogP contribution in [0.25, 0.3) is 11.0 Å². The molecule has 0 atom stereocenters. The summed E-state index contributed by atoms with van der Waals surface area (Å²) in [5, 5.41) is 15.9. The first-order chi connectivity index (χ1) is 16.4. The number of rotatable bonds is 6. The standard InChI is InChI=1S/C23H27F3N8O/c1-7-32-9-17(13(3)29-32)10-33-16(6)21(15(5)31-33)28-19(35)11-34-22-20(14(4)30-34)18(23(24,25)26)8-12(2)27-22/h8-9H,7,10-11H2,1-6H3,(H,28,35). The van der Waals surface area contributed by atoms with E-state index < -0.39 is 17.6 Å². The number of carbonyl (C=O) groups excluding carboxylic acids is 1. The van der Waals surface area contributed by atoms with Crippen molar-refractivity contribution in [2.75, 3.05) is 5.32 Å². The normalized spacial score (nSPS) is 12.0. The van der Waals surface area contributed by atoms with E-state index in [1.54, 1.807) is 11.6 Å². The second-order valence-corrected chi connectivity index (χ2v) is 8.60. The Morgan fingerprint density at radius 1 is 1.00 bits per heavy atom. The lowest BCUT2D eigenvalue weighted by Gasteiger charge is -2.10. The quantitative estimate of drug-likeness (QED) is 0.441. The van der Waals surface area contributed by atoms with Gasteiger partial charge in [-0.1, -0.05) is 0 Å². The van der Waals surface area contributed by atoms with E-state index in [0.29, 0.717) is 17.9 Å². The Morgan fingerprint density at radius 2 is 1.69 bits per heavy atom. The van der Waals surface area contributed by atoms with Gasteiger partial charge in [-0.15, -0.1) is 0 Å². The van der Waals surface area contributed by atoms with Gasteiger partial charge in [-0.3, -0.25) is 14.2 Å². The number of anilines is 1. The first-order valence-electron chi connectivity index (χ1n) is 11.2. The van der Waals surface area contributed by atoms with E-state index >= 15 is 0 Å². The fraction of sp³-hybridized carbons (Fsp3) is 0.435. The second kappa shape index (κ2) is 8.82. The summed E-state index contributed by atoms with van der Waals surface area (Å²) >= 11 is 0. The van der Waals surface area contributed by atoms with E-state index in [4.69, 9.17) is 0 Å². The SMILES string of the molecule is CCn1cc(Cn2nc(C)c(NC(=O)Cn3nc(C)c4c(C(F)(F)F)cc(C)nc43)c2C)c(C)n1. The highest BCUT2D eigenvalue weighted by atomic mass is 19.4. The summed E-state index contributed by atoms with van der Waals surface area (Å²) in [5.74, 6) is -0.438. The van der Waals surface area contributed by atoms with Crippen LogP contribution in [0.15, 0.2) is 12.3 Å². The molecule has 0 saturated carbocycles. The van der Waals surface area contributed by atoms with Gasteiger partial charge in [0.2, 0.25) is 5.91 Å². The maximum Gasteiger partial charge on any atom is 0.417 e. The molecule has 0 fully saturated rings. The van der Waals surface area contributed by atoms with Gasteiger partial charge in [-0.2, -0.15) is 28.5 Å². The molecule has 4 aromatic heterocycles. The van der Waals surface area contributed by atoms with Crippen LogP contribution < -0.4 is 5.32 Å². The molecule has 1 amide bonds. The number of nitrogens with one attached hydrogen (secondary N) is 1. The third-order valence-electron chi connectivity index (χ3n) is 5.94. The van der Waals surface area contributed by atoms with E-state index in [1.165, 1.54) is 18.5 Å². The molecule has 0 aliphatic rings. The molecule has 12 heteroatoms. The molecule has 1 N–H and O–H groups in total. The van der Waals surface area contributed by atoms with Gasteiger partial charge in [0.15, 0.2) is 5.65 Å². The zero-order valence-corrected chi connectivity index (χ0v) is 20.4. The molecule has 4 heterocycles. The number of alkyl halides is 3. The first kappa shape index (κ1) is 24.4. The molecular formula is C23H27F3N8O. The van der Waals surface area contributed by atoms with Crippen LogP contribution in [0, 0.1) is 34.6 Å². The second-order valence-electron chi connectivity index (χ2n) is 8.60. The highest BCUT2D eigenvalue weighted by molar-refractivity contribution is 5.93. The molecule has 0 aromatic carbocycles. The Hall–Kier alpha value is -3.70. The highest BCUT2D eigenvalue weighted by Crippen LogP contribution is 2.36. The number of aromatic nitrogens is 7. The third kappa shape index (κ3) is 4.64. The maximum atomic E-state index is 13.6. The number of hydrogen-bond acceptors (Lipinski definition) is 5. The van der Waals surface area contributed by atoms with Crippen LogP contribution in [-0.4, -0.2) is 40.2 Å². The Bertz CT molecular complexity index is 1430. The minimum Gasteiger partial charge on any atom is -0.321 e. The molecule has 186 valence electrons. The predicted molar refractivity (Wildman–Crippen MR) is 124 cm³/mol. The van der Waals surface area contributed by atoms with Crippen molar-refractivity contribution in [3.63, 3.8) is 0 Å². The first-order valence-corrected chi connectivity index (χ1v) is 11.2. The molecule has 0 unspecified atom stereocenters. The Kier molecular flexibility index (Phi) is 6.16. The summed E-state index contributed by atoms with van der Waals surface area (Å²) in [5.41, 5.74) is 3.46. The van der Waals surface area contributed by atoms with Gasteiger partial charge in [0.25, 0.3) is 0 Å². The molecule has 9 nitrogen and oxygen atoms in total. The average molecular weight is 489 g/mol. The Labute approximate surface area is 199 Å². The van der Waals surface area contributed by atoms with Crippen LogP contribution in [-0.2, 0) is 30.6 Å². The topological polar surface area (TPSA) is 95.5 Å². The van der Waals surface area contributed by atoms with Gasteiger partial charge >= 0.3 is 6.18 Å². The van der Waals surface area contributed by atoms with Crippen LogP contribution in [0.2, 0.25) is 0 Å². The van der Waals surface area contributed by atoms with E-state index in [2.05, 4.69) is 25.6 Å². The van der Waals surface area contributed by atoms with Crippen molar-refractivity contribution in [2.45, 2.75) is 67.4 Å². The number of aryl methyl sites for hydroxylation is 5. The number of halogens is 3. The summed E-state index contributed by atoms with van der Waals surface area (Å²) < 4.78 is 45.6. The van der Waals surface area contributed by atoms with Crippen molar-refractivity contribution >= 4 is 22.6 Å². The number of fused-ring (bicyclic) bond motifs is 1. The van der Waals surface area contributed by atoms with Crippen molar-refractivity contribution < 1.29 is 18.0 Å². The number of nitrogens with zero attached hydrogens (tertiary/aromatic N) is 7. The zero-order chi connectivity index (χ0) is 25.7. The van der Waals surface area contributed by atoms with Gasteiger partial charge in [-0.05, 0) is 47.6 Å². The molecule has 0 saturated heterocycles.